The van der Waals surface area contributed by atoms with E-state index in [0.29, 0.717) is 17.8 Å². The molecule has 100 valence electrons. The molecule has 0 atom stereocenters. The van der Waals surface area contributed by atoms with Crippen LogP contribution in [0.4, 0.5) is 17.8 Å². The molecule has 0 saturated carbocycles. The summed E-state index contributed by atoms with van der Waals surface area (Å²) >= 11 is 0. The maximum Gasteiger partial charge on any atom is 0.243 e. The molecule has 0 radical (unpaired) electrons. The molecule has 0 bridgehead atoms. The lowest BCUT2D eigenvalue weighted by atomic mass is 10.1. The highest BCUT2D eigenvalue weighted by atomic mass is 15.4. The van der Waals surface area contributed by atoms with E-state index in [1.807, 2.05) is 0 Å². The molecule has 18 heavy (non-hydrogen) atoms. The highest BCUT2D eigenvalue weighted by Gasteiger charge is 2.19. The fourth-order valence-electron chi connectivity index (χ4n) is 1.88. The lowest BCUT2D eigenvalue weighted by Crippen LogP contribution is -2.29. The number of nitrogen functional groups attached to an aromatic ring is 1. The number of hydrogen-bond donors (Lipinski definition) is 3. The fraction of sp³-hybridized carbons (Fsp3) is 0.727. The van der Waals surface area contributed by atoms with Crippen LogP contribution in [0.25, 0.3) is 0 Å². The molecule has 1 aliphatic rings. The maximum atomic E-state index is 5.40. The van der Waals surface area contributed by atoms with E-state index in [0.717, 1.165) is 13.1 Å². The van der Waals surface area contributed by atoms with E-state index in [1.54, 1.807) is 0 Å². The van der Waals surface area contributed by atoms with Crippen LogP contribution in [-0.2, 0) is 0 Å². The van der Waals surface area contributed by atoms with Crippen LogP contribution in [0.3, 0.4) is 0 Å². The SMILES string of the molecule is CC(C)(C)Nc1nc(NN)nc(N2CCCC2)n1. The van der Waals surface area contributed by atoms with Crippen LogP contribution in [0.15, 0.2) is 0 Å². The lowest BCUT2D eigenvalue weighted by molar-refractivity contribution is 0.625. The van der Waals surface area contributed by atoms with Gasteiger partial charge in [0.1, 0.15) is 0 Å². The van der Waals surface area contributed by atoms with E-state index in [4.69, 9.17) is 5.84 Å². The Hall–Kier alpha value is -1.63. The van der Waals surface area contributed by atoms with Crippen LogP contribution in [0.5, 0.6) is 0 Å². The monoisotopic (exact) mass is 251 g/mol. The molecule has 1 saturated heterocycles. The van der Waals surface area contributed by atoms with Gasteiger partial charge in [0.05, 0.1) is 0 Å². The van der Waals surface area contributed by atoms with Crippen molar-refractivity contribution in [3.05, 3.63) is 0 Å². The second-order valence-corrected chi connectivity index (χ2v) is 5.50. The molecule has 1 aromatic heterocycles. The first-order valence-electron chi connectivity index (χ1n) is 6.24. The van der Waals surface area contributed by atoms with Crippen LogP contribution < -0.4 is 21.5 Å². The maximum absolute atomic E-state index is 5.40. The topological polar surface area (TPSA) is 92.0 Å². The van der Waals surface area contributed by atoms with Crippen molar-refractivity contribution >= 4 is 17.8 Å². The number of hydrazine groups is 1. The van der Waals surface area contributed by atoms with E-state index in [9.17, 15) is 0 Å². The quantitative estimate of drug-likeness (QED) is 0.544. The van der Waals surface area contributed by atoms with E-state index >= 15 is 0 Å². The minimum atomic E-state index is -0.102. The Morgan fingerprint density at radius 2 is 1.67 bits per heavy atom. The lowest BCUT2D eigenvalue weighted by Gasteiger charge is -2.22. The molecule has 2 rings (SSSR count). The zero-order chi connectivity index (χ0) is 13.2. The van der Waals surface area contributed by atoms with E-state index < -0.39 is 0 Å². The molecule has 4 N–H and O–H groups in total. The third-order valence-corrected chi connectivity index (χ3v) is 2.63. The minimum Gasteiger partial charge on any atom is -0.349 e. The summed E-state index contributed by atoms with van der Waals surface area (Å²) in [7, 11) is 0. The molecule has 1 fully saturated rings. The summed E-state index contributed by atoms with van der Waals surface area (Å²) in [6.07, 6.45) is 2.36. The number of hydrogen-bond acceptors (Lipinski definition) is 7. The van der Waals surface area contributed by atoms with Gasteiger partial charge in [0.15, 0.2) is 0 Å². The number of rotatable bonds is 3. The van der Waals surface area contributed by atoms with Crippen molar-refractivity contribution in [2.75, 3.05) is 28.7 Å². The van der Waals surface area contributed by atoms with Crippen molar-refractivity contribution in [2.24, 2.45) is 5.84 Å². The normalized spacial score (nSPS) is 15.9. The molecule has 7 heteroatoms. The average molecular weight is 251 g/mol. The molecule has 1 aliphatic heterocycles. The molecule has 0 spiro atoms. The largest absolute Gasteiger partial charge is 0.349 e. The van der Waals surface area contributed by atoms with Gasteiger partial charge >= 0.3 is 0 Å². The first kappa shape index (κ1) is 12.8. The molecular weight excluding hydrogens is 230 g/mol. The van der Waals surface area contributed by atoms with Gasteiger partial charge in [0, 0.05) is 18.6 Å². The van der Waals surface area contributed by atoms with Crippen LogP contribution in [0.2, 0.25) is 0 Å². The Kier molecular flexibility index (Phi) is 3.51. The molecule has 0 aromatic carbocycles. The second kappa shape index (κ2) is 4.93. The smallest absolute Gasteiger partial charge is 0.243 e. The zero-order valence-corrected chi connectivity index (χ0v) is 11.2. The van der Waals surface area contributed by atoms with Gasteiger partial charge in [-0.25, -0.2) is 5.84 Å². The Morgan fingerprint density at radius 3 is 2.22 bits per heavy atom. The third kappa shape index (κ3) is 3.19. The first-order valence-corrected chi connectivity index (χ1v) is 6.24. The predicted molar refractivity (Wildman–Crippen MR) is 72.5 cm³/mol. The van der Waals surface area contributed by atoms with Crippen LogP contribution >= 0.6 is 0 Å². The summed E-state index contributed by atoms with van der Waals surface area (Å²) in [6, 6.07) is 0. The molecule has 7 nitrogen and oxygen atoms in total. The summed E-state index contributed by atoms with van der Waals surface area (Å²) in [5, 5.41) is 3.24. The highest BCUT2D eigenvalue weighted by Crippen LogP contribution is 2.19. The fourth-order valence-corrected chi connectivity index (χ4v) is 1.88. The van der Waals surface area contributed by atoms with Gasteiger partial charge in [-0.2, -0.15) is 15.0 Å². The van der Waals surface area contributed by atoms with Crippen LogP contribution in [0.1, 0.15) is 33.6 Å². The van der Waals surface area contributed by atoms with Crippen molar-refractivity contribution in [3.63, 3.8) is 0 Å². The van der Waals surface area contributed by atoms with Gasteiger partial charge in [-0.1, -0.05) is 0 Å². The highest BCUT2D eigenvalue weighted by molar-refractivity contribution is 5.44. The molecule has 0 amide bonds. The van der Waals surface area contributed by atoms with Gasteiger partial charge in [-0.15, -0.1) is 0 Å². The molecular formula is C11H21N7. The van der Waals surface area contributed by atoms with Gasteiger partial charge < -0.3 is 10.2 Å². The summed E-state index contributed by atoms with van der Waals surface area (Å²) < 4.78 is 0. The standard InChI is InChI=1S/C11H21N7/c1-11(2,3)16-8-13-9(17-12)15-10(14-8)18-6-4-5-7-18/h4-7,12H2,1-3H3,(H2,13,14,15,16,17). The minimum absolute atomic E-state index is 0.102. The van der Waals surface area contributed by atoms with Gasteiger partial charge in [-0.05, 0) is 33.6 Å². The van der Waals surface area contributed by atoms with E-state index in [-0.39, 0.29) is 5.54 Å². The number of nitrogens with two attached hydrogens (primary N) is 1. The Balaban J connectivity index is 2.26. The Morgan fingerprint density at radius 1 is 1.06 bits per heavy atom. The van der Waals surface area contributed by atoms with Crippen molar-refractivity contribution in [1.29, 1.82) is 0 Å². The van der Waals surface area contributed by atoms with Gasteiger partial charge in [0.25, 0.3) is 0 Å². The van der Waals surface area contributed by atoms with E-state index in [1.165, 1.54) is 12.8 Å². The van der Waals surface area contributed by atoms with Crippen molar-refractivity contribution in [2.45, 2.75) is 39.2 Å². The predicted octanol–water partition coefficient (Wildman–Crippen LogP) is 0.968. The van der Waals surface area contributed by atoms with Gasteiger partial charge in [0.2, 0.25) is 17.8 Å². The summed E-state index contributed by atoms with van der Waals surface area (Å²) in [6.45, 7) is 8.15. The number of anilines is 3. The molecule has 0 aliphatic carbocycles. The second-order valence-electron chi connectivity index (χ2n) is 5.50. The van der Waals surface area contributed by atoms with Crippen LogP contribution in [-0.4, -0.2) is 33.6 Å². The van der Waals surface area contributed by atoms with Crippen molar-refractivity contribution in [3.8, 4) is 0 Å². The summed E-state index contributed by atoms with van der Waals surface area (Å²) in [4.78, 5) is 15.1. The van der Waals surface area contributed by atoms with E-state index in [2.05, 4.69) is 51.4 Å². The first-order chi connectivity index (χ1) is 8.48. The van der Waals surface area contributed by atoms with Crippen LogP contribution in [0, 0.1) is 0 Å². The Labute approximate surface area is 107 Å². The summed E-state index contributed by atoms with van der Waals surface area (Å²) in [5.41, 5.74) is 2.39. The third-order valence-electron chi connectivity index (χ3n) is 2.63. The van der Waals surface area contributed by atoms with Crippen molar-refractivity contribution in [1.82, 2.24) is 15.0 Å². The zero-order valence-electron chi connectivity index (χ0n) is 11.2. The van der Waals surface area contributed by atoms with Crippen molar-refractivity contribution < 1.29 is 0 Å². The number of nitrogens with one attached hydrogen (secondary N) is 2. The number of aromatic nitrogens is 3. The molecule has 1 aromatic rings. The summed E-state index contributed by atoms with van der Waals surface area (Å²) in [5.74, 6) is 7.02. The Bertz CT molecular complexity index is 406. The average Bonchev–Trinajstić information content (AvgIpc) is 2.79. The number of nitrogens with zero attached hydrogens (tertiary/aromatic N) is 4. The molecule has 2 heterocycles. The molecule has 0 unspecified atom stereocenters. The van der Waals surface area contributed by atoms with Gasteiger partial charge in [-0.3, -0.25) is 5.43 Å².